The first-order valence-electron chi connectivity index (χ1n) is 5.55. The summed E-state index contributed by atoms with van der Waals surface area (Å²) in [7, 11) is 0. The molecule has 1 saturated carbocycles. The molecule has 1 aromatic carbocycles. The van der Waals surface area contributed by atoms with Crippen LogP contribution in [-0.2, 0) is 10.3 Å². The van der Waals surface area contributed by atoms with Crippen molar-refractivity contribution in [2.75, 3.05) is 13.2 Å². The van der Waals surface area contributed by atoms with E-state index in [1.165, 1.54) is 12.1 Å². The van der Waals surface area contributed by atoms with Gasteiger partial charge in [-0.15, -0.1) is 0 Å². The lowest BCUT2D eigenvalue weighted by molar-refractivity contribution is 0.169. The minimum absolute atomic E-state index is 0.357. The van der Waals surface area contributed by atoms with Crippen molar-refractivity contribution in [1.29, 1.82) is 0 Å². The van der Waals surface area contributed by atoms with Gasteiger partial charge in [0.05, 0.1) is 4.47 Å². The quantitative estimate of drug-likeness (QED) is 0.623. The summed E-state index contributed by atoms with van der Waals surface area (Å²) in [5.74, 6) is 0.410. The van der Waals surface area contributed by atoms with Gasteiger partial charge in [0, 0.05) is 11.6 Å². The SMILES string of the molecule is O=C=NC1(c2c(F)cc3c(c2Br)OCCO3)CC1. The van der Waals surface area contributed by atoms with E-state index >= 15 is 0 Å². The van der Waals surface area contributed by atoms with Crippen LogP contribution in [-0.4, -0.2) is 19.3 Å². The normalized spacial score (nSPS) is 19.0. The first-order chi connectivity index (χ1) is 8.68. The highest BCUT2D eigenvalue weighted by atomic mass is 79.9. The molecule has 0 radical (unpaired) electrons. The Morgan fingerprint density at radius 2 is 2.11 bits per heavy atom. The molecule has 1 aliphatic heterocycles. The molecule has 0 unspecified atom stereocenters. The molecule has 0 N–H and O–H groups in total. The maximum Gasteiger partial charge on any atom is 0.235 e. The van der Waals surface area contributed by atoms with Gasteiger partial charge in [-0.25, -0.2) is 9.18 Å². The Labute approximate surface area is 111 Å². The molecular formula is C12H9BrFNO3. The van der Waals surface area contributed by atoms with Crippen LogP contribution in [0.1, 0.15) is 18.4 Å². The molecule has 1 aliphatic carbocycles. The zero-order chi connectivity index (χ0) is 12.8. The van der Waals surface area contributed by atoms with Crippen LogP contribution in [0.15, 0.2) is 15.5 Å². The van der Waals surface area contributed by atoms with E-state index in [2.05, 4.69) is 20.9 Å². The number of halogens is 2. The second-order valence-electron chi connectivity index (χ2n) is 4.31. The molecule has 6 heteroatoms. The topological polar surface area (TPSA) is 47.9 Å². The fraction of sp³-hybridized carbons (Fsp3) is 0.417. The van der Waals surface area contributed by atoms with E-state index in [9.17, 15) is 9.18 Å². The van der Waals surface area contributed by atoms with Crippen LogP contribution < -0.4 is 9.47 Å². The van der Waals surface area contributed by atoms with Gasteiger partial charge >= 0.3 is 0 Å². The molecule has 1 heterocycles. The molecule has 1 fully saturated rings. The van der Waals surface area contributed by atoms with E-state index in [0.717, 1.165) is 0 Å². The summed E-state index contributed by atoms with van der Waals surface area (Å²) < 4.78 is 25.4. The molecule has 0 bridgehead atoms. The predicted octanol–water partition coefficient (Wildman–Crippen LogP) is 2.68. The minimum atomic E-state index is -0.777. The Kier molecular flexibility index (Phi) is 2.64. The number of hydrogen-bond donors (Lipinski definition) is 0. The molecule has 0 aromatic heterocycles. The van der Waals surface area contributed by atoms with Crippen molar-refractivity contribution in [2.45, 2.75) is 18.4 Å². The number of carbonyl (C=O) groups excluding carboxylic acids is 1. The lowest BCUT2D eigenvalue weighted by atomic mass is 10.0. The average Bonchev–Trinajstić information content (AvgIpc) is 3.10. The molecule has 0 spiro atoms. The van der Waals surface area contributed by atoms with Gasteiger partial charge in [-0.3, -0.25) is 0 Å². The number of hydrogen-bond acceptors (Lipinski definition) is 4. The minimum Gasteiger partial charge on any atom is -0.486 e. The fourth-order valence-electron chi connectivity index (χ4n) is 2.17. The highest BCUT2D eigenvalue weighted by molar-refractivity contribution is 9.10. The van der Waals surface area contributed by atoms with Crippen LogP contribution in [0.25, 0.3) is 0 Å². The number of isocyanates is 1. The van der Waals surface area contributed by atoms with Crippen molar-refractivity contribution < 1.29 is 18.7 Å². The van der Waals surface area contributed by atoms with Crippen LogP contribution >= 0.6 is 15.9 Å². The summed E-state index contributed by atoms with van der Waals surface area (Å²) in [6, 6.07) is 1.29. The number of nitrogens with zero attached hydrogens (tertiary/aromatic N) is 1. The lowest BCUT2D eigenvalue weighted by Gasteiger charge is -2.23. The zero-order valence-electron chi connectivity index (χ0n) is 9.33. The van der Waals surface area contributed by atoms with Crippen LogP contribution in [0.4, 0.5) is 4.39 Å². The van der Waals surface area contributed by atoms with E-state index in [1.54, 1.807) is 0 Å². The summed E-state index contributed by atoms with van der Waals surface area (Å²) in [5.41, 5.74) is -0.421. The largest absolute Gasteiger partial charge is 0.486 e. The van der Waals surface area contributed by atoms with Crippen molar-refractivity contribution in [1.82, 2.24) is 0 Å². The first kappa shape index (κ1) is 11.7. The molecule has 2 aliphatic rings. The Hall–Kier alpha value is -1.39. The van der Waals surface area contributed by atoms with Crippen molar-refractivity contribution in [3.8, 4) is 11.5 Å². The van der Waals surface area contributed by atoms with Gasteiger partial charge in [0.25, 0.3) is 0 Å². The van der Waals surface area contributed by atoms with E-state index in [0.29, 0.717) is 47.6 Å². The van der Waals surface area contributed by atoms with E-state index in [1.807, 2.05) is 0 Å². The van der Waals surface area contributed by atoms with Crippen molar-refractivity contribution in [3.63, 3.8) is 0 Å². The van der Waals surface area contributed by atoms with E-state index in [-0.39, 0.29) is 0 Å². The zero-order valence-corrected chi connectivity index (χ0v) is 10.9. The van der Waals surface area contributed by atoms with Crippen molar-refractivity contribution in [3.05, 3.63) is 21.9 Å². The Morgan fingerprint density at radius 1 is 1.39 bits per heavy atom. The summed E-state index contributed by atoms with van der Waals surface area (Å²) in [4.78, 5) is 14.2. The second kappa shape index (κ2) is 4.07. The van der Waals surface area contributed by atoms with Gasteiger partial charge in [0.15, 0.2) is 11.5 Å². The van der Waals surface area contributed by atoms with Gasteiger partial charge in [-0.2, -0.15) is 4.99 Å². The summed E-state index contributed by atoms with van der Waals surface area (Å²) >= 11 is 3.33. The highest BCUT2D eigenvalue weighted by Crippen LogP contribution is 2.55. The molecule has 94 valence electrons. The number of rotatable bonds is 2. The van der Waals surface area contributed by atoms with Gasteiger partial charge in [-0.1, -0.05) is 0 Å². The number of ether oxygens (including phenoxy) is 2. The number of fused-ring (bicyclic) bond motifs is 1. The van der Waals surface area contributed by atoms with Crippen molar-refractivity contribution in [2.24, 2.45) is 4.99 Å². The second-order valence-corrected chi connectivity index (χ2v) is 5.10. The standard InChI is InChI=1S/C12H9BrFNO3/c13-10-9(12(1-2-12)15-6-16)7(14)5-8-11(10)18-4-3-17-8/h5H,1-4H2. The van der Waals surface area contributed by atoms with E-state index < -0.39 is 11.4 Å². The summed E-state index contributed by atoms with van der Waals surface area (Å²) in [6.07, 6.45) is 2.79. The maximum absolute atomic E-state index is 14.1. The molecule has 0 amide bonds. The monoisotopic (exact) mass is 313 g/mol. The number of benzene rings is 1. The third-order valence-electron chi connectivity index (χ3n) is 3.18. The van der Waals surface area contributed by atoms with Crippen LogP contribution in [0.3, 0.4) is 0 Å². The molecule has 0 atom stereocenters. The molecular weight excluding hydrogens is 305 g/mol. The lowest BCUT2D eigenvalue weighted by Crippen LogP contribution is -2.18. The van der Waals surface area contributed by atoms with E-state index in [4.69, 9.17) is 9.47 Å². The molecule has 18 heavy (non-hydrogen) atoms. The van der Waals surface area contributed by atoms with Gasteiger partial charge in [0.2, 0.25) is 6.08 Å². The average molecular weight is 314 g/mol. The van der Waals surface area contributed by atoms with Crippen LogP contribution in [0.5, 0.6) is 11.5 Å². The maximum atomic E-state index is 14.1. The molecule has 4 nitrogen and oxygen atoms in total. The van der Waals surface area contributed by atoms with Crippen LogP contribution in [0.2, 0.25) is 0 Å². The Balaban J connectivity index is 2.18. The smallest absolute Gasteiger partial charge is 0.235 e. The third kappa shape index (κ3) is 1.64. The molecule has 1 aromatic rings. The highest BCUT2D eigenvalue weighted by Gasteiger charge is 2.49. The summed E-state index contributed by atoms with van der Waals surface area (Å²) in [6.45, 7) is 0.816. The Bertz CT molecular complexity index is 565. The van der Waals surface area contributed by atoms with Crippen LogP contribution in [0, 0.1) is 5.82 Å². The summed E-state index contributed by atoms with van der Waals surface area (Å²) in [5, 5.41) is 0. The van der Waals surface area contributed by atoms with Gasteiger partial charge in [0.1, 0.15) is 24.6 Å². The predicted molar refractivity (Wildman–Crippen MR) is 64.1 cm³/mol. The fourth-order valence-corrected chi connectivity index (χ4v) is 3.03. The van der Waals surface area contributed by atoms with Gasteiger partial charge < -0.3 is 9.47 Å². The molecule has 3 rings (SSSR count). The third-order valence-corrected chi connectivity index (χ3v) is 3.93. The van der Waals surface area contributed by atoms with Gasteiger partial charge in [-0.05, 0) is 28.8 Å². The Morgan fingerprint density at radius 3 is 2.78 bits per heavy atom. The van der Waals surface area contributed by atoms with Crippen molar-refractivity contribution >= 4 is 22.0 Å². The first-order valence-corrected chi connectivity index (χ1v) is 6.34. The number of aliphatic imine (C=N–C) groups is 1. The molecule has 0 saturated heterocycles.